The summed E-state index contributed by atoms with van der Waals surface area (Å²) in [6.45, 7) is 3.71. The molecule has 4 heteroatoms. The Morgan fingerprint density at radius 3 is 2.70 bits per heavy atom. The molecule has 0 saturated heterocycles. The molecule has 3 aromatic rings. The summed E-state index contributed by atoms with van der Waals surface area (Å²) in [6, 6.07) is 12.5. The van der Waals surface area contributed by atoms with Crippen molar-refractivity contribution < 1.29 is 4.79 Å². The van der Waals surface area contributed by atoms with Crippen LogP contribution in [-0.2, 0) is 4.79 Å². The SMILES string of the molecule is CC(=O)Sc1ccc(C)c2c(=P)c3ccccc3sc12. The third-order valence-corrected chi connectivity index (χ3v) is 5.90. The van der Waals surface area contributed by atoms with Crippen molar-refractivity contribution in [2.45, 2.75) is 18.7 Å². The molecule has 0 fully saturated rings. The molecule has 1 heterocycles. The smallest absolute Gasteiger partial charge is 0.190 e. The van der Waals surface area contributed by atoms with Gasteiger partial charge in [0.15, 0.2) is 5.12 Å². The van der Waals surface area contributed by atoms with E-state index < -0.39 is 0 Å². The van der Waals surface area contributed by atoms with E-state index in [1.807, 2.05) is 18.2 Å². The van der Waals surface area contributed by atoms with E-state index >= 15 is 0 Å². The van der Waals surface area contributed by atoms with E-state index in [2.05, 4.69) is 34.0 Å². The zero-order valence-electron chi connectivity index (χ0n) is 11.2. The minimum atomic E-state index is 0.117. The number of fused-ring (bicyclic) bond motifs is 2. The second-order valence-electron chi connectivity index (χ2n) is 4.65. The highest BCUT2D eigenvalue weighted by atomic mass is 32.2. The number of carbonyl (C=O) groups is 1. The standard InChI is InChI=1S/C16H13OPS2/c1-9-7-8-13(19-10(2)17)16-14(9)15(18)11-5-3-4-6-12(11)20-16/h3-8,18H,1-2H3. The third kappa shape index (κ3) is 2.31. The van der Waals surface area contributed by atoms with Gasteiger partial charge in [0.1, 0.15) is 0 Å². The molecule has 20 heavy (non-hydrogen) atoms. The largest absolute Gasteiger partial charge is 0.287 e. The molecule has 2 aromatic carbocycles. The van der Waals surface area contributed by atoms with E-state index in [9.17, 15) is 4.79 Å². The van der Waals surface area contributed by atoms with Crippen LogP contribution in [0.2, 0.25) is 0 Å². The van der Waals surface area contributed by atoms with Crippen molar-refractivity contribution >= 4 is 57.2 Å². The van der Waals surface area contributed by atoms with Crippen molar-refractivity contribution in [2.75, 3.05) is 0 Å². The zero-order valence-corrected chi connectivity index (χ0v) is 13.8. The van der Waals surface area contributed by atoms with Gasteiger partial charge in [-0.3, -0.25) is 4.79 Å². The number of rotatable bonds is 1. The topological polar surface area (TPSA) is 17.1 Å². The Morgan fingerprint density at radius 2 is 1.95 bits per heavy atom. The van der Waals surface area contributed by atoms with E-state index in [-0.39, 0.29) is 5.12 Å². The molecule has 0 bridgehead atoms. The first-order valence-corrected chi connectivity index (χ1v) is 8.39. The Kier molecular flexibility index (Phi) is 3.68. The van der Waals surface area contributed by atoms with Crippen LogP contribution in [0.25, 0.3) is 20.2 Å². The minimum absolute atomic E-state index is 0.117. The molecular weight excluding hydrogens is 303 g/mol. The molecule has 0 aliphatic carbocycles. The van der Waals surface area contributed by atoms with Crippen molar-refractivity contribution in [3.05, 3.63) is 46.9 Å². The highest BCUT2D eigenvalue weighted by molar-refractivity contribution is 8.13. The lowest BCUT2D eigenvalue weighted by atomic mass is 10.1. The summed E-state index contributed by atoms with van der Waals surface area (Å²) in [7, 11) is 3.80. The molecule has 0 saturated carbocycles. The molecule has 100 valence electrons. The van der Waals surface area contributed by atoms with Crippen molar-refractivity contribution in [3.8, 4) is 0 Å². The second-order valence-corrected chi connectivity index (χ2v) is 7.42. The first-order valence-electron chi connectivity index (χ1n) is 6.26. The lowest BCUT2D eigenvalue weighted by Gasteiger charge is -2.09. The van der Waals surface area contributed by atoms with Gasteiger partial charge in [-0.15, -0.1) is 20.2 Å². The Bertz CT molecular complexity index is 896. The van der Waals surface area contributed by atoms with Crippen LogP contribution in [0, 0.1) is 11.9 Å². The van der Waals surface area contributed by atoms with Crippen LogP contribution in [0.4, 0.5) is 0 Å². The lowest BCUT2D eigenvalue weighted by Crippen LogP contribution is -1.86. The molecule has 0 atom stereocenters. The summed E-state index contributed by atoms with van der Waals surface area (Å²) in [5.74, 6) is 0. The molecule has 0 spiro atoms. The Morgan fingerprint density at radius 1 is 1.20 bits per heavy atom. The van der Waals surface area contributed by atoms with E-state index in [4.69, 9.17) is 0 Å². The van der Waals surface area contributed by atoms with Gasteiger partial charge in [0.25, 0.3) is 0 Å². The molecule has 0 radical (unpaired) electrons. The minimum Gasteiger partial charge on any atom is -0.287 e. The number of thioether (sulfide) groups is 1. The van der Waals surface area contributed by atoms with Crippen LogP contribution in [0.15, 0.2) is 41.3 Å². The molecule has 1 aromatic heterocycles. The first-order chi connectivity index (χ1) is 9.58. The molecular formula is C16H13OPS2. The first kappa shape index (κ1) is 13.8. The van der Waals surface area contributed by atoms with Crippen LogP contribution >= 0.6 is 32.0 Å². The van der Waals surface area contributed by atoms with E-state index in [1.165, 1.54) is 37.5 Å². The van der Waals surface area contributed by atoms with Gasteiger partial charge in [-0.1, -0.05) is 36.0 Å². The van der Waals surface area contributed by atoms with Gasteiger partial charge in [-0.2, -0.15) is 0 Å². The van der Waals surface area contributed by atoms with Crippen LogP contribution in [-0.4, -0.2) is 5.12 Å². The Labute approximate surface area is 127 Å². The van der Waals surface area contributed by atoms with Crippen LogP contribution in [0.1, 0.15) is 12.5 Å². The van der Waals surface area contributed by atoms with Crippen LogP contribution < -0.4 is 0 Å². The molecule has 1 nitrogen and oxygen atoms in total. The highest BCUT2D eigenvalue weighted by Crippen LogP contribution is 2.38. The summed E-state index contributed by atoms with van der Waals surface area (Å²) in [5, 5.41) is 2.54. The molecule has 0 N–H and O–H groups in total. The molecule has 3 rings (SSSR count). The van der Waals surface area contributed by atoms with E-state index in [1.54, 1.807) is 18.3 Å². The number of carbonyl (C=O) groups excluding carboxylic acids is 1. The van der Waals surface area contributed by atoms with E-state index in [0.717, 1.165) is 9.83 Å². The summed E-state index contributed by atoms with van der Waals surface area (Å²) < 4.78 is 2.40. The van der Waals surface area contributed by atoms with Gasteiger partial charge in [-0.25, -0.2) is 0 Å². The van der Waals surface area contributed by atoms with Crippen molar-refractivity contribution in [1.29, 1.82) is 0 Å². The summed E-state index contributed by atoms with van der Waals surface area (Å²) in [6.07, 6.45) is 0. The monoisotopic (exact) mass is 316 g/mol. The zero-order chi connectivity index (χ0) is 14.3. The summed E-state index contributed by atoms with van der Waals surface area (Å²) in [5.41, 5.74) is 1.22. The predicted octanol–water partition coefficient (Wildman–Crippen LogP) is 5.68. The maximum absolute atomic E-state index is 11.4. The lowest BCUT2D eigenvalue weighted by molar-refractivity contribution is -0.109. The fraction of sp³-hybridized carbons (Fsp3) is 0.125. The van der Waals surface area contributed by atoms with Crippen LogP contribution in [0.5, 0.6) is 0 Å². The molecule has 0 aliphatic heterocycles. The van der Waals surface area contributed by atoms with Gasteiger partial charge >= 0.3 is 0 Å². The average molecular weight is 316 g/mol. The van der Waals surface area contributed by atoms with E-state index in [0.29, 0.717) is 0 Å². The molecule has 0 aliphatic rings. The van der Waals surface area contributed by atoms with Gasteiger partial charge in [0.05, 0.1) is 4.70 Å². The number of hydrogen-bond acceptors (Lipinski definition) is 3. The molecule has 0 amide bonds. The maximum Gasteiger partial charge on any atom is 0.190 e. The quantitative estimate of drug-likeness (QED) is 0.326. The van der Waals surface area contributed by atoms with Crippen molar-refractivity contribution in [2.24, 2.45) is 0 Å². The average Bonchev–Trinajstić information content (AvgIpc) is 2.42. The molecule has 0 unspecified atom stereocenters. The highest BCUT2D eigenvalue weighted by Gasteiger charge is 2.10. The second kappa shape index (κ2) is 5.33. The summed E-state index contributed by atoms with van der Waals surface area (Å²) in [4.78, 5) is 13.6. The van der Waals surface area contributed by atoms with Crippen LogP contribution in [0.3, 0.4) is 0 Å². The Hall–Kier alpha value is -1.15. The normalized spacial score (nSPS) is 11.1. The fourth-order valence-corrected chi connectivity index (χ4v) is 5.11. The summed E-state index contributed by atoms with van der Waals surface area (Å²) >= 11 is 3.05. The number of aryl methyl sites for hydroxylation is 1. The maximum atomic E-state index is 11.4. The fourth-order valence-electron chi connectivity index (χ4n) is 2.32. The predicted molar refractivity (Wildman–Crippen MR) is 92.2 cm³/mol. The van der Waals surface area contributed by atoms with Crippen molar-refractivity contribution in [3.63, 3.8) is 0 Å². The van der Waals surface area contributed by atoms with Gasteiger partial charge < -0.3 is 0 Å². The number of hydrogen-bond donors (Lipinski definition) is 0. The van der Waals surface area contributed by atoms with Gasteiger partial charge in [0.2, 0.25) is 0 Å². The third-order valence-electron chi connectivity index (χ3n) is 3.20. The number of benzene rings is 2. The van der Waals surface area contributed by atoms with Gasteiger partial charge in [-0.05, 0) is 24.6 Å². The Balaban J connectivity index is 2.49. The van der Waals surface area contributed by atoms with Gasteiger partial charge in [0, 0.05) is 32.2 Å². The van der Waals surface area contributed by atoms with Crippen molar-refractivity contribution in [1.82, 2.24) is 0 Å².